The summed E-state index contributed by atoms with van der Waals surface area (Å²) in [6, 6.07) is 24.2. The molecule has 1 saturated heterocycles. The molecule has 34 heavy (non-hydrogen) atoms. The van der Waals surface area contributed by atoms with Gasteiger partial charge < -0.3 is 15.5 Å². The van der Waals surface area contributed by atoms with Crippen molar-refractivity contribution in [2.75, 3.05) is 36.4 Å². The number of hydrogen-bond acceptors (Lipinski definition) is 5. The predicted octanol–water partition coefficient (Wildman–Crippen LogP) is 4.21. The van der Waals surface area contributed by atoms with E-state index in [1.807, 2.05) is 36.4 Å². The van der Waals surface area contributed by atoms with Crippen LogP contribution in [0.5, 0.6) is 0 Å². The molecule has 2 aromatic heterocycles. The van der Waals surface area contributed by atoms with Gasteiger partial charge >= 0.3 is 0 Å². The number of nitrogens with zero attached hydrogens (tertiary/aromatic N) is 4. The van der Waals surface area contributed by atoms with Gasteiger partial charge in [-0.05, 0) is 52.7 Å². The highest BCUT2D eigenvalue weighted by Gasteiger charge is 2.14. The normalized spacial score (nSPS) is 13.9. The fourth-order valence-electron chi connectivity index (χ4n) is 4.43. The number of benzene rings is 3. The first kappa shape index (κ1) is 20.4. The van der Waals surface area contributed by atoms with E-state index in [-0.39, 0.29) is 5.91 Å². The van der Waals surface area contributed by atoms with Crippen molar-refractivity contribution >= 4 is 33.7 Å². The molecule has 168 valence electrons. The molecule has 7 heteroatoms. The van der Waals surface area contributed by atoms with Crippen LogP contribution in [0.1, 0.15) is 10.5 Å². The Kier molecular flexibility index (Phi) is 5.16. The lowest BCUT2D eigenvalue weighted by Gasteiger charge is -2.29. The molecule has 0 atom stereocenters. The van der Waals surface area contributed by atoms with Crippen molar-refractivity contribution in [3.8, 4) is 11.1 Å². The average molecular weight is 449 g/mol. The standard InChI is InChI=1S/C27H24N6O/c34-27(30-22-7-9-23(10-8-22)32-15-12-28-13-16-32)25-11-14-33-26(31-25)24(18-29-33)21-6-5-19-3-1-2-4-20(19)17-21/h1-11,14,17-18,28H,12-13,15-16H2,(H,30,34). The summed E-state index contributed by atoms with van der Waals surface area (Å²) in [6.07, 6.45) is 3.57. The van der Waals surface area contributed by atoms with Crippen LogP contribution in [0.4, 0.5) is 11.4 Å². The van der Waals surface area contributed by atoms with E-state index in [2.05, 4.69) is 55.9 Å². The highest BCUT2D eigenvalue weighted by Crippen LogP contribution is 2.27. The number of hydrogen-bond donors (Lipinski definition) is 2. The molecule has 0 radical (unpaired) electrons. The van der Waals surface area contributed by atoms with Gasteiger partial charge in [-0.3, -0.25) is 4.79 Å². The molecule has 0 bridgehead atoms. The van der Waals surface area contributed by atoms with E-state index in [1.165, 1.54) is 11.1 Å². The number of amides is 1. The SMILES string of the molecule is O=C(Nc1ccc(N2CCNCC2)cc1)c1ccn2ncc(-c3ccc4ccccc4c3)c2n1. The number of aromatic nitrogens is 3. The van der Waals surface area contributed by atoms with Crippen molar-refractivity contribution in [2.45, 2.75) is 0 Å². The molecule has 7 nitrogen and oxygen atoms in total. The largest absolute Gasteiger partial charge is 0.369 e. The summed E-state index contributed by atoms with van der Waals surface area (Å²) in [6.45, 7) is 3.95. The zero-order chi connectivity index (χ0) is 22.9. The highest BCUT2D eigenvalue weighted by atomic mass is 16.1. The van der Waals surface area contributed by atoms with Crippen LogP contribution in [-0.4, -0.2) is 46.7 Å². The lowest BCUT2D eigenvalue weighted by Crippen LogP contribution is -2.43. The van der Waals surface area contributed by atoms with E-state index < -0.39 is 0 Å². The summed E-state index contributed by atoms with van der Waals surface area (Å²) in [5, 5.41) is 13.1. The Bertz CT molecular complexity index is 1480. The molecule has 1 fully saturated rings. The Morgan fingerprint density at radius 1 is 0.912 bits per heavy atom. The second-order valence-corrected chi connectivity index (χ2v) is 8.44. The molecule has 2 N–H and O–H groups in total. The maximum Gasteiger partial charge on any atom is 0.274 e. The minimum Gasteiger partial charge on any atom is -0.369 e. The van der Waals surface area contributed by atoms with Crippen LogP contribution < -0.4 is 15.5 Å². The zero-order valence-corrected chi connectivity index (χ0v) is 18.6. The van der Waals surface area contributed by atoms with Gasteiger partial charge in [0.05, 0.1) is 6.20 Å². The summed E-state index contributed by atoms with van der Waals surface area (Å²) in [7, 11) is 0. The molecule has 0 unspecified atom stereocenters. The van der Waals surface area contributed by atoms with E-state index in [1.54, 1.807) is 23.0 Å². The molecule has 1 aliphatic heterocycles. The van der Waals surface area contributed by atoms with Gasteiger partial charge in [-0.1, -0.05) is 36.4 Å². The number of carbonyl (C=O) groups excluding carboxylic acids is 1. The van der Waals surface area contributed by atoms with Gasteiger partial charge in [0.2, 0.25) is 0 Å². The van der Waals surface area contributed by atoms with E-state index in [0.29, 0.717) is 11.3 Å². The summed E-state index contributed by atoms with van der Waals surface area (Å²) in [5.41, 5.74) is 4.81. The minimum absolute atomic E-state index is 0.247. The van der Waals surface area contributed by atoms with E-state index in [9.17, 15) is 4.79 Å². The summed E-state index contributed by atoms with van der Waals surface area (Å²) >= 11 is 0. The van der Waals surface area contributed by atoms with Crippen molar-refractivity contribution in [3.63, 3.8) is 0 Å². The average Bonchev–Trinajstić information content (AvgIpc) is 3.33. The van der Waals surface area contributed by atoms with Crippen molar-refractivity contribution in [2.24, 2.45) is 0 Å². The van der Waals surface area contributed by atoms with Crippen LogP contribution in [-0.2, 0) is 0 Å². The number of fused-ring (bicyclic) bond motifs is 2. The molecule has 5 aromatic rings. The maximum absolute atomic E-state index is 13.0. The van der Waals surface area contributed by atoms with Gasteiger partial charge in [-0.25, -0.2) is 9.50 Å². The zero-order valence-electron chi connectivity index (χ0n) is 18.6. The molecule has 0 spiro atoms. The Labute approximate surface area is 197 Å². The third-order valence-corrected chi connectivity index (χ3v) is 6.27. The molecular weight excluding hydrogens is 424 g/mol. The molecular formula is C27H24N6O. The molecule has 1 amide bonds. The number of anilines is 2. The van der Waals surface area contributed by atoms with Crippen LogP contribution in [0.2, 0.25) is 0 Å². The maximum atomic E-state index is 13.0. The van der Waals surface area contributed by atoms with Crippen LogP contribution in [0.3, 0.4) is 0 Å². The van der Waals surface area contributed by atoms with Crippen LogP contribution in [0.15, 0.2) is 85.2 Å². The summed E-state index contributed by atoms with van der Waals surface area (Å²) in [4.78, 5) is 20.0. The second kappa shape index (κ2) is 8.61. The monoisotopic (exact) mass is 448 g/mol. The first-order valence-corrected chi connectivity index (χ1v) is 11.5. The third-order valence-electron chi connectivity index (χ3n) is 6.27. The van der Waals surface area contributed by atoms with Crippen molar-refractivity contribution < 1.29 is 4.79 Å². The molecule has 3 aromatic carbocycles. The lowest BCUT2D eigenvalue weighted by molar-refractivity contribution is 0.102. The molecule has 6 rings (SSSR count). The number of nitrogens with one attached hydrogen (secondary N) is 2. The van der Waals surface area contributed by atoms with Gasteiger partial charge in [-0.2, -0.15) is 5.10 Å². The van der Waals surface area contributed by atoms with E-state index in [0.717, 1.165) is 48.4 Å². The van der Waals surface area contributed by atoms with Gasteiger partial charge in [0.1, 0.15) is 5.69 Å². The van der Waals surface area contributed by atoms with Gasteiger partial charge in [0.25, 0.3) is 5.91 Å². The predicted molar refractivity (Wildman–Crippen MR) is 135 cm³/mol. The topological polar surface area (TPSA) is 74.6 Å². The molecule has 0 saturated carbocycles. The fourth-order valence-corrected chi connectivity index (χ4v) is 4.43. The Balaban J connectivity index is 1.25. The van der Waals surface area contributed by atoms with E-state index >= 15 is 0 Å². The number of carbonyl (C=O) groups is 1. The van der Waals surface area contributed by atoms with Crippen LogP contribution in [0.25, 0.3) is 27.5 Å². The Morgan fingerprint density at radius 3 is 2.53 bits per heavy atom. The van der Waals surface area contributed by atoms with Gasteiger partial charge in [0, 0.05) is 49.3 Å². The minimum atomic E-state index is -0.247. The first-order valence-electron chi connectivity index (χ1n) is 11.5. The first-order chi connectivity index (χ1) is 16.7. The van der Waals surface area contributed by atoms with Crippen molar-refractivity contribution in [1.29, 1.82) is 0 Å². The fraction of sp³-hybridized carbons (Fsp3) is 0.148. The molecule has 0 aliphatic carbocycles. The van der Waals surface area contributed by atoms with Gasteiger partial charge in [-0.15, -0.1) is 0 Å². The molecule has 1 aliphatic rings. The lowest BCUT2D eigenvalue weighted by atomic mass is 10.0. The second-order valence-electron chi connectivity index (χ2n) is 8.44. The third kappa shape index (κ3) is 3.86. The van der Waals surface area contributed by atoms with Crippen LogP contribution >= 0.6 is 0 Å². The van der Waals surface area contributed by atoms with Crippen LogP contribution in [0, 0.1) is 0 Å². The van der Waals surface area contributed by atoms with Gasteiger partial charge in [0.15, 0.2) is 5.65 Å². The number of rotatable bonds is 4. The smallest absolute Gasteiger partial charge is 0.274 e. The Morgan fingerprint density at radius 2 is 1.71 bits per heavy atom. The quantitative estimate of drug-likeness (QED) is 0.431. The molecule has 3 heterocycles. The van der Waals surface area contributed by atoms with Crippen molar-refractivity contribution in [1.82, 2.24) is 19.9 Å². The highest BCUT2D eigenvalue weighted by molar-refractivity contribution is 6.03. The van der Waals surface area contributed by atoms with E-state index in [4.69, 9.17) is 0 Å². The summed E-state index contributed by atoms with van der Waals surface area (Å²) in [5.74, 6) is -0.247. The Hall–Kier alpha value is -4.23. The number of piperazine rings is 1. The van der Waals surface area contributed by atoms with Crippen molar-refractivity contribution in [3.05, 3.63) is 90.9 Å². The summed E-state index contributed by atoms with van der Waals surface area (Å²) < 4.78 is 1.70.